The van der Waals surface area contributed by atoms with Gasteiger partial charge in [-0.1, -0.05) is 32.4 Å². The molecule has 0 saturated carbocycles. The number of benzene rings is 1. The summed E-state index contributed by atoms with van der Waals surface area (Å²) in [5, 5.41) is 3.45. The highest BCUT2D eigenvalue weighted by molar-refractivity contribution is 5.47. The summed E-state index contributed by atoms with van der Waals surface area (Å²) in [6, 6.07) is 7.04. The summed E-state index contributed by atoms with van der Waals surface area (Å²) in [4.78, 5) is 2.12. The minimum absolute atomic E-state index is 0.118. The molecule has 1 aromatic carbocycles. The summed E-state index contributed by atoms with van der Waals surface area (Å²) in [7, 11) is 0. The normalized spacial score (nSPS) is 11.1. The van der Waals surface area contributed by atoms with E-state index in [0.717, 1.165) is 38.3 Å². The van der Waals surface area contributed by atoms with Crippen LogP contribution in [0.4, 0.5) is 10.1 Å². The lowest BCUT2D eigenvalue weighted by Crippen LogP contribution is -2.25. The van der Waals surface area contributed by atoms with Crippen LogP contribution in [0.3, 0.4) is 0 Å². The summed E-state index contributed by atoms with van der Waals surface area (Å²) < 4.78 is 13.7. The highest BCUT2D eigenvalue weighted by Crippen LogP contribution is 2.18. The largest absolute Gasteiger partial charge is 0.369 e. The molecule has 3 heteroatoms. The predicted molar refractivity (Wildman–Crippen MR) is 85.8 cm³/mol. The van der Waals surface area contributed by atoms with Gasteiger partial charge in [0.2, 0.25) is 0 Å². The molecule has 0 saturated heterocycles. The zero-order chi connectivity index (χ0) is 14.8. The van der Waals surface area contributed by atoms with Crippen molar-refractivity contribution in [1.82, 2.24) is 5.32 Å². The van der Waals surface area contributed by atoms with Gasteiger partial charge in [-0.3, -0.25) is 0 Å². The molecule has 0 amide bonds. The number of nitrogens with one attached hydrogen (secondary N) is 1. The number of rotatable bonds is 10. The van der Waals surface area contributed by atoms with Crippen molar-refractivity contribution in [2.45, 2.75) is 40.0 Å². The van der Waals surface area contributed by atoms with Gasteiger partial charge in [0.1, 0.15) is 5.82 Å². The van der Waals surface area contributed by atoms with E-state index in [2.05, 4.69) is 31.0 Å². The maximum Gasteiger partial charge on any atom is 0.146 e. The van der Waals surface area contributed by atoms with Gasteiger partial charge in [0.05, 0.1) is 5.69 Å². The van der Waals surface area contributed by atoms with E-state index in [9.17, 15) is 4.39 Å². The third kappa shape index (κ3) is 6.38. The lowest BCUT2D eigenvalue weighted by atomic mass is 10.2. The van der Waals surface area contributed by atoms with E-state index in [-0.39, 0.29) is 5.82 Å². The molecule has 0 heterocycles. The first-order valence-electron chi connectivity index (χ1n) is 7.85. The molecule has 0 aliphatic heterocycles. The van der Waals surface area contributed by atoms with Gasteiger partial charge in [-0.05, 0) is 50.9 Å². The fourth-order valence-corrected chi connectivity index (χ4v) is 2.28. The molecular weight excluding hydrogens is 251 g/mol. The van der Waals surface area contributed by atoms with Crippen LogP contribution in [0.15, 0.2) is 24.3 Å². The van der Waals surface area contributed by atoms with E-state index in [1.807, 2.05) is 12.1 Å². The molecule has 1 aromatic rings. The number of nitrogens with zero attached hydrogens (tertiary/aromatic N) is 1. The van der Waals surface area contributed by atoms with E-state index in [1.165, 1.54) is 18.9 Å². The predicted octanol–water partition coefficient (Wildman–Crippen LogP) is 4.07. The average molecular weight is 280 g/mol. The molecule has 0 atom stereocenters. The Morgan fingerprint density at radius 1 is 1.15 bits per heavy atom. The van der Waals surface area contributed by atoms with Crippen LogP contribution >= 0.6 is 0 Å². The monoisotopic (exact) mass is 280 g/mol. The van der Waals surface area contributed by atoms with Crippen LogP contribution < -0.4 is 10.2 Å². The molecule has 0 aliphatic rings. The van der Waals surface area contributed by atoms with E-state index in [0.29, 0.717) is 5.92 Å². The maximum absolute atomic E-state index is 13.7. The van der Waals surface area contributed by atoms with E-state index in [4.69, 9.17) is 0 Å². The van der Waals surface area contributed by atoms with Crippen LogP contribution in [-0.2, 0) is 0 Å². The molecule has 2 nitrogen and oxygen atoms in total. The van der Waals surface area contributed by atoms with Gasteiger partial charge in [0.25, 0.3) is 0 Å². The van der Waals surface area contributed by atoms with Crippen LogP contribution in [-0.4, -0.2) is 26.2 Å². The van der Waals surface area contributed by atoms with Gasteiger partial charge < -0.3 is 10.2 Å². The first-order chi connectivity index (χ1) is 9.65. The summed E-state index contributed by atoms with van der Waals surface area (Å²) in [6.07, 6.45) is 3.50. The van der Waals surface area contributed by atoms with Gasteiger partial charge in [0.15, 0.2) is 0 Å². The smallest absolute Gasteiger partial charge is 0.146 e. The van der Waals surface area contributed by atoms with Crippen molar-refractivity contribution in [3.63, 3.8) is 0 Å². The number of hydrogen-bond acceptors (Lipinski definition) is 2. The third-order valence-corrected chi connectivity index (χ3v) is 3.41. The molecule has 0 bridgehead atoms. The highest BCUT2D eigenvalue weighted by atomic mass is 19.1. The van der Waals surface area contributed by atoms with Crippen molar-refractivity contribution in [3.8, 4) is 0 Å². The minimum atomic E-state index is -0.118. The number of para-hydroxylation sites is 1. The lowest BCUT2D eigenvalue weighted by Gasteiger charge is -2.23. The SMILES string of the molecule is CCN(CCCCCNCC(C)C)c1ccccc1F. The van der Waals surface area contributed by atoms with Crippen molar-refractivity contribution in [2.75, 3.05) is 31.1 Å². The first-order valence-corrected chi connectivity index (χ1v) is 7.85. The minimum Gasteiger partial charge on any atom is -0.369 e. The summed E-state index contributed by atoms with van der Waals surface area (Å²) in [6.45, 7) is 10.5. The van der Waals surface area contributed by atoms with Gasteiger partial charge in [-0.2, -0.15) is 0 Å². The highest BCUT2D eigenvalue weighted by Gasteiger charge is 2.08. The summed E-state index contributed by atoms with van der Waals surface area (Å²) in [5.41, 5.74) is 0.730. The second-order valence-corrected chi connectivity index (χ2v) is 5.69. The Kier molecular flexibility index (Phi) is 8.28. The first kappa shape index (κ1) is 17.0. The third-order valence-electron chi connectivity index (χ3n) is 3.41. The van der Waals surface area contributed by atoms with Crippen LogP contribution in [0, 0.1) is 11.7 Å². The topological polar surface area (TPSA) is 15.3 Å². The van der Waals surface area contributed by atoms with E-state index >= 15 is 0 Å². The molecular formula is C17H29FN2. The molecule has 0 unspecified atom stereocenters. The summed E-state index contributed by atoms with van der Waals surface area (Å²) in [5.74, 6) is 0.597. The number of halogens is 1. The van der Waals surface area contributed by atoms with Gasteiger partial charge in [0, 0.05) is 13.1 Å². The summed E-state index contributed by atoms with van der Waals surface area (Å²) >= 11 is 0. The Morgan fingerprint density at radius 3 is 2.55 bits per heavy atom. The Balaban J connectivity index is 2.21. The fourth-order valence-electron chi connectivity index (χ4n) is 2.28. The molecule has 1 N–H and O–H groups in total. The second kappa shape index (κ2) is 9.76. The van der Waals surface area contributed by atoms with Crippen LogP contribution in [0.5, 0.6) is 0 Å². The van der Waals surface area contributed by atoms with E-state index < -0.39 is 0 Å². The van der Waals surface area contributed by atoms with Gasteiger partial charge in [-0.25, -0.2) is 4.39 Å². The van der Waals surface area contributed by atoms with Crippen molar-refractivity contribution in [2.24, 2.45) is 5.92 Å². The van der Waals surface area contributed by atoms with E-state index in [1.54, 1.807) is 6.07 Å². The standard InChI is InChI=1S/C17H29FN2/c1-4-20(17-11-7-6-10-16(17)18)13-9-5-8-12-19-14-15(2)3/h6-7,10-11,15,19H,4-5,8-9,12-14H2,1-3H3. The maximum atomic E-state index is 13.7. The second-order valence-electron chi connectivity index (χ2n) is 5.69. The van der Waals surface area contributed by atoms with Crippen molar-refractivity contribution >= 4 is 5.69 Å². The Bertz CT molecular complexity index is 366. The van der Waals surface area contributed by atoms with Crippen molar-refractivity contribution in [1.29, 1.82) is 0 Å². The Morgan fingerprint density at radius 2 is 1.90 bits per heavy atom. The van der Waals surface area contributed by atoms with Gasteiger partial charge in [-0.15, -0.1) is 0 Å². The van der Waals surface area contributed by atoms with Crippen molar-refractivity contribution < 1.29 is 4.39 Å². The van der Waals surface area contributed by atoms with Crippen LogP contribution in [0.2, 0.25) is 0 Å². The molecule has 1 rings (SSSR count). The number of anilines is 1. The molecule has 20 heavy (non-hydrogen) atoms. The van der Waals surface area contributed by atoms with Crippen molar-refractivity contribution in [3.05, 3.63) is 30.1 Å². The fraction of sp³-hybridized carbons (Fsp3) is 0.647. The molecule has 0 aliphatic carbocycles. The number of unbranched alkanes of at least 4 members (excludes halogenated alkanes) is 2. The molecule has 0 fully saturated rings. The molecule has 0 radical (unpaired) electrons. The molecule has 0 spiro atoms. The van der Waals surface area contributed by atoms with Crippen LogP contribution in [0.25, 0.3) is 0 Å². The average Bonchev–Trinajstić information content (AvgIpc) is 2.43. The van der Waals surface area contributed by atoms with Gasteiger partial charge >= 0.3 is 0 Å². The molecule has 0 aromatic heterocycles. The Labute approximate surface area is 123 Å². The quantitative estimate of drug-likeness (QED) is 0.650. The zero-order valence-corrected chi connectivity index (χ0v) is 13.2. The molecule has 114 valence electrons. The zero-order valence-electron chi connectivity index (χ0n) is 13.2. The lowest BCUT2D eigenvalue weighted by molar-refractivity contribution is 0.528. The number of hydrogen-bond donors (Lipinski definition) is 1. The van der Waals surface area contributed by atoms with Crippen LogP contribution in [0.1, 0.15) is 40.0 Å². The Hall–Kier alpha value is -1.09.